The van der Waals surface area contributed by atoms with Crippen LogP contribution in [0.15, 0.2) is 0 Å². The fourth-order valence-electron chi connectivity index (χ4n) is 1.60. The molecule has 0 aromatic rings. The molecule has 0 rings (SSSR count). The largest absolute Gasteiger partial charge is 0.123 e. The first-order valence-electron chi connectivity index (χ1n) is 5.95. The van der Waals surface area contributed by atoms with E-state index in [4.69, 9.17) is 11.6 Å². The van der Waals surface area contributed by atoms with Crippen molar-refractivity contribution in [2.75, 3.05) is 0 Å². The molecule has 0 radical (unpaired) electrons. The van der Waals surface area contributed by atoms with Crippen molar-refractivity contribution in [1.29, 1.82) is 0 Å². The zero-order valence-electron chi connectivity index (χ0n) is 9.32. The van der Waals surface area contributed by atoms with E-state index in [1.165, 1.54) is 57.8 Å². The Morgan fingerprint density at radius 2 is 1.38 bits per heavy atom. The third-order valence-electron chi connectivity index (χ3n) is 2.47. The maximum absolute atomic E-state index is 6.12. The van der Waals surface area contributed by atoms with Gasteiger partial charge < -0.3 is 0 Å². The summed E-state index contributed by atoms with van der Waals surface area (Å²) in [5.41, 5.74) is 0. The molecule has 0 bridgehead atoms. The molecule has 0 nitrogen and oxygen atoms in total. The summed E-state index contributed by atoms with van der Waals surface area (Å²) in [7, 11) is 0. The van der Waals surface area contributed by atoms with Gasteiger partial charge in [0.1, 0.15) is 0 Å². The van der Waals surface area contributed by atoms with Gasteiger partial charge in [-0.3, -0.25) is 0 Å². The third kappa shape index (κ3) is 10.2. The van der Waals surface area contributed by atoms with Crippen LogP contribution in [0.25, 0.3) is 0 Å². The first-order chi connectivity index (χ1) is 6.31. The minimum absolute atomic E-state index is 0.441. The minimum Gasteiger partial charge on any atom is -0.123 e. The van der Waals surface area contributed by atoms with Crippen LogP contribution in [0.2, 0.25) is 0 Å². The normalized spacial score (nSPS) is 13.2. The van der Waals surface area contributed by atoms with Crippen molar-refractivity contribution in [3.05, 3.63) is 0 Å². The molecule has 1 atom stereocenters. The summed E-state index contributed by atoms with van der Waals surface area (Å²) in [6.07, 6.45) is 11.9. The van der Waals surface area contributed by atoms with Crippen LogP contribution in [0.5, 0.6) is 0 Å². The molecule has 13 heavy (non-hydrogen) atoms. The summed E-state index contributed by atoms with van der Waals surface area (Å²) in [5.74, 6) is 0. The summed E-state index contributed by atoms with van der Waals surface area (Å²) < 4.78 is 0. The van der Waals surface area contributed by atoms with Crippen molar-refractivity contribution in [3.8, 4) is 0 Å². The Hall–Kier alpha value is 0.290. The van der Waals surface area contributed by atoms with E-state index in [0.717, 1.165) is 0 Å². The van der Waals surface area contributed by atoms with E-state index in [0.29, 0.717) is 5.38 Å². The maximum Gasteiger partial charge on any atom is 0.0336 e. The van der Waals surface area contributed by atoms with Crippen LogP contribution >= 0.6 is 11.6 Å². The van der Waals surface area contributed by atoms with Crippen molar-refractivity contribution >= 4 is 11.6 Å². The van der Waals surface area contributed by atoms with Gasteiger partial charge >= 0.3 is 0 Å². The summed E-state index contributed by atoms with van der Waals surface area (Å²) in [6, 6.07) is 0. The molecule has 1 heteroatoms. The lowest BCUT2D eigenvalue weighted by Gasteiger charge is -2.06. The van der Waals surface area contributed by atoms with Crippen LogP contribution in [0.1, 0.15) is 71.6 Å². The summed E-state index contributed by atoms with van der Waals surface area (Å²) in [4.78, 5) is 0. The van der Waals surface area contributed by atoms with E-state index < -0.39 is 0 Å². The summed E-state index contributed by atoms with van der Waals surface area (Å²) in [5, 5.41) is 0.441. The molecule has 0 spiro atoms. The average Bonchev–Trinajstić information content (AvgIpc) is 2.11. The Bertz CT molecular complexity index is 91.1. The van der Waals surface area contributed by atoms with Gasteiger partial charge in [0.2, 0.25) is 0 Å². The van der Waals surface area contributed by atoms with Gasteiger partial charge in [0, 0.05) is 5.38 Å². The van der Waals surface area contributed by atoms with Gasteiger partial charge in [-0.25, -0.2) is 0 Å². The Kier molecular flexibility index (Phi) is 10.6. The molecule has 0 N–H and O–H groups in total. The molecule has 0 saturated carbocycles. The smallest absolute Gasteiger partial charge is 0.0336 e. The molecule has 0 amide bonds. The van der Waals surface area contributed by atoms with Gasteiger partial charge in [0.15, 0.2) is 0 Å². The van der Waals surface area contributed by atoms with E-state index in [9.17, 15) is 0 Å². The molecule has 0 fully saturated rings. The van der Waals surface area contributed by atoms with Gasteiger partial charge in [0.05, 0.1) is 0 Å². The number of hydrogen-bond acceptors (Lipinski definition) is 0. The van der Waals surface area contributed by atoms with Crippen LogP contribution in [0.4, 0.5) is 0 Å². The lowest BCUT2D eigenvalue weighted by molar-refractivity contribution is 0.566. The molecule has 0 aliphatic heterocycles. The van der Waals surface area contributed by atoms with Crippen molar-refractivity contribution in [3.63, 3.8) is 0 Å². The SMILES string of the molecule is CCCCCCCC[C@H](Cl)CCC. The van der Waals surface area contributed by atoms with Crippen LogP contribution in [-0.4, -0.2) is 5.38 Å². The fourth-order valence-corrected chi connectivity index (χ4v) is 1.98. The van der Waals surface area contributed by atoms with Crippen LogP contribution in [0, 0.1) is 0 Å². The zero-order chi connectivity index (χ0) is 9.94. The van der Waals surface area contributed by atoms with Crippen LogP contribution in [0.3, 0.4) is 0 Å². The fraction of sp³-hybridized carbons (Fsp3) is 1.00. The molecule has 0 unspecified atom stereocenters. The Balaban J connectivity index is 2.97. The summed E-state index contributed by atoms with van der Waals surface area (Å²) in [6.45, 7) is 4.46. The van der Waals surface area contributed by atoms with E-state index in [-0.39, 0.29) is 0 Å². The zero-order valence-corrected chi connectivity index (χ0v) is 10.1. The van der Waals surface area contributed by atoms with Gasteiger partial charge in [-0.2, -0.15) is 0 Å². The molecule has 0 heterocycles. The Morgan fingerprint density at radius 1 is 0.769 bits per heavy atom. The van der Waals surface area contributed by atoms with E-state index in [1.807, 2.05) is 0 Å². The van der Waals surface area contributed by atoms with Crippen molar-refractivity contribution in [2.24, 2.45) is 0 Å². The molecule has 0 aromatic carbocycles. The highest BCUT2D eigenvalue weighted by Gasteiger charge is 2.01. The third-order valence-corrected chi connectivity index (χ3v) is 2.91. The Labute approximate surface area is 89.1 Å². The minimum atomic E-state index is 0.441. The van der Waals surface area contributed by atoms with Crippen LogP contribution in [-0.2, 0) is 0 Å². The highest BCUT2D eigenvalue weighted by Crippen LogP contribution is 2.15. The second-order valence-corrected chi connectivity index (χ2v) is 4.56. The molecule has 0 aliphatic rings. The van der Waals surface area contributed by atoms with Gasteiger partial charge in [0.25, 0.3) is 0 Å². The number of hydrogen-bond donors (Lipinski definition) is 0. The van der Waals surface area contributed by atoms with Crippen molar-refractivity contribution in [2.45, 2.75) is 77.0 Å². The first-order valence-corrected chi connectivity index (χ1v) is 6.39. The van der Waals surface area contributed by atoms with Crippen molar-refractivity contribution < 1.29 is 0 Å². The average molecular weight is 205 g/mol. The van der Waals surface area contributed by atoms with E-state index >= 15 is 0 Å². The second-order valence-electron chi connectivity index (χ2n) is 3.94. The Morgan fingerprint density at radius 3 is 2.00 bits per heavy atom. The number of alkyl halides is 1. The number of rotatable bonds is 9. The predicted octanol–water partition coefficient (Wildman–Crippen LogP) is 5.14. The van der Waals surface area contributed by atoms with Gasteiger partial charge in [-0.05, 0) is 12.8 Å². The quantitative estimate of drug-likeness (QED) is 0.360. The number of halogens is 1. The maximum atomic E-state index is 6.12. The standard InChI is InChI=1S/C12H25Cl/c1-3-5-6-7-8-9-11-12(13)10-4-2/h12H,3-11H2,1-2H3/t12-/m1/s1. The molecular weight excluding hydrogens is 180 g/mol. The highest BCUT2D eigenvalue weighted by molar-refractivity contribution is 6.20. The lowest BCUT2D eigenvalue weighted by Crippen LogP contribution is -1.96. The lowest BCUT2D eigenvalue weighted by atomic mass is 10.1. The monoisotopic (exact) mass is 204 g/mol. The molecule has 0 aromatic heterocycles. The molecule has 80 valence electrons. The molecule has 0 aliphatic carbocycles. The van der Waals surface area contributed by atoms with Gasteiger partial charge in [-0.1, -0.05) is 58.8 Å². The predicted molar refractivity (Wildman–Crippen MR) is 62.5 cm³/mol. The topological polar surface area (TPSA) is 0 Å². The number of unbranched alkanes of at least 4 members (excludes halogenated alkanes) is 5. The highest BCUT2D eigenvalue weighted by atomic mass is 35.5. The van der Waals surface area contributed by atoms with E-state index in [2.05, 4.69) is 13.8 Å². The second kappa shape index (κ2) is 10.4. The van der Waals surface area contributed by atoms with Crippen LogP contribution < -0.4 is 0 Å². The van der Waals surface area contributed by atoms with E-state index in [1.54, 1.807) is 0 Å². The first kappa shape index (κ1) is 13.3. The summed E-state index contributed by atoms with van der Waals surface area (Å²) >= 11 is 6.12. The van der Waals surface area contributed by atoms with Crippen molar-refractivity contribution in [1.82, 2.24) is 0 Å². The van der Waals surface area contributed by atoms with Gasteiger partial charge in [-0.15, -0.1) is 11.6 Å². The molecule has 0 saturated heterocycles. The molecular formula is C12H25Cl.